The highest BCUT2D eigenvalue weighted by atomic mass is 19.4. The van der Waals surface area contributed by atoms with Crippen LogP contribution < -0.4 is 10.6 Å². The Bertz CT molecular complexity index is 1300. The zero-order valence-corrected chi connectivity index (χ0v) is 19.2. The van der Waals surface area contributed by atoms with Gasteiger partial charge in [-0.25, -0.2) is 18.2 Å². The maximum absolute atomic E-state index is 15.7. The molecule has 0 bridgehead atoms. The lowest BCUT2D eigenvalue weighted by Crippen LogP contribution is -2.54. The molecule has 38 heavy (non-hydrogen) atoms. The van der Waals surface area contributed by atoms with Gasteiger partial charge < -0.3 is 15.7 Å². The SMILES string of the molecule is CC1N=C(C(F)(F)C(O)(CN=CN=NN)c2ccc(F)cc2F)C=CC1Oc1ncc(C(F)(F)F)cc1F. The molecule has 0 aliphatic carbocycles. The quantitative estimate of drug-likeness (QED) is 0.125. The summed E-state index contributed by atoms with van der Waals surface area (Å²) in [6.07, 6.45) is -3.48. The standard InChI is InChI=1S/C22H18F8N6O2/c1-11-17(38-19-16(25)6-12(8-33-19)22(28,29)30)4-5-18(35-11)21(26,27)20(37,9-32-10-34-36-31)14-3-2-13(23)7-15(14)24/h2-8,10-11,17,37H,9H2,1H3,(H2,31,32,34). The zero-order chi connectivity index (χ0) is 28.3. The fourth-order valence-corrected chi connectivity index (χ4v) is 3.43. The molecule has 16 heteroatoms. The number of nitrogens with zero attached hydrogens (tertiary/aromatic N) is 5. The van der Waals surface area contributed by atoms with E-state index in [-0.39, 0.29) is 12.1 Å². The van der Waals surface area contributed by atoms with Gasteiger partial charge in [0, 0.05) is 17.8 Å². The molecule has 0 amide bonds. The number of pyridine rings is 1. The van der Waals surface area contributed by atoms with Crippen LogP contribution in [0, 0.1) is 17.5 Å². The molecule has 1 aromatic carbocycles. The van der Waals surface area contributed by atoms with E-state index >= 15 is 8.78 Å². The number of hydrogen-bond acceptors (Lipinski definition) is 6. The van der Waals surface area contributed by atoms with Crippen molar-refractivity contribution < 1.29 is 45.0 Å². The summed E-state index contributed by atoms with van der Waals surface area (Å²) in [6, 6.07) is 0.501. The first-order chi connectivity index (χ1) is 17.7. The highest BCUT2D eigenvalue weighted by Crippen LogP contribution is 2.42. The van der Waals surface area contributed by atoms with E-state index in [4.69, 9.17) is 10.6 Å². The number of ether oxygens (including phenoxy) is 1. The van der Waals surface area contributed by atoms with Crippen LogP contribution in [0.3, 0.4) is 0 Å². The fraction of sp³-hybridized carbons (Fsp3) is 0.318. The van der Waals surface area contributed by atoms with E-state index in [9.17, 15) is 31.4 Å². The number of nitrogens with two attached hydrogens (primary N) is 1. The molecule has 204 valence electrons. The Morgan fingerprint density at radius 2 is 1.82 bits per heavy atom. The Hall–Kier alpha value is -3.95. The Morgan fingerprint density at radius 3 is 2.39 bits per heavy atom. The number of aromatic nitrogens is 1. The Balaban J connectivity index is 1.92. The summed E-state index contributed by atoms with van der Waals surface area (Å²) in [6.45, 7) is 0.0625. The maximum Gasteiger partial charge on any atom is 0.417 e. The smallest absolute Gasteiger partial charge is 0.417 e. The van der Waals surface area contributed by atoms with Gasteiger partial charge in [-0.15, -0.1) is 5.11 Å². The highest BCUT2D eigenvalue weighted by molar-refractivity contribution is 6.02. The molecule has 0 saturated carbocycles. The van der Waals surface area contributed by atoms with Crippen LogP contribution >= 0.6 is 0 Å². The molecule has 8 nitrogen and oxygen atoms in total. The Kier molecular flexibility index (Phi) is 8.14. The predicted octanol–water partition coefficient (Wildman–Crippen LogP) is 4.54. The summed E-state index contributed by atoms with van der Waals surface area (Å²) in [5, 5.41) is 17.0. The van der Waals surface area contributed by atoms with Gasteiger partial charge in [-0.3, -0.25) is 9.98 Å². The molecular weight excluding hydrogens is 532 g/mol. The molecule has 3 atom stereocenters. The largest absolute Gasteiger partial charge is 0.466 e. The molecule has 1 aromatic heterocycles. The zero-order valence-electron chi connectivity index (χ0n) is 19.2. The van der Waals surface area contributed by atoms with Crippen LogP contribution in [0.25, 0.3) is 0 Å². The van der Waals surface area contributed by atoms with Crippen LogP contribution in [0.1, 0.15) is 18.1 Å². The monoisotopic (exact) mass is 550 g/mol. The van der Waals surface area contributed by atoms with Gasteiger partial charge in [0.05, 0.1) is 18.2 Å². The van der Waals surface area contributed by atoms with Crippen molar-refractivity contribution >= 4 is 12.1 Å². The van der Waals surface area contributed by atoms with E-state index in [2.05, 4.69) is 25.3 Å². The minimum atomic E-state index is -4.85. The minimum Gasteiger partial charge on any atom is -0.466 e. The minimum absolute atomic E-state index is 0.157. The van der Waals surface area contributed by atoms with Gasteiger partial charge in [-0.05, 0) is 37.3 Å². The third-order valence-corrected chi connectivity index (χ3v) is 5.38. The van der Waals surface area contributed by atoms with Gasteiger partial charge >= 0.3 is 12.1 Å². The first kappa shape index (κ1) is 28.6. The molecule has 3 N–H and O–H groups in total. The first-order valence-corrected chi connectivity index (χ1v) is 10.5. The second-order valence-electron chi connectivity index (χ2n) is 7.95. The van der Waals surface area contributed by atoms with Crippen molar-refractivity contribution in [3.05, 3.63) is 71.2 Å². The van der Waals surface area contributed by atoms with Gasteiger partial charge in [0.15, 0.2) is 11.4 Å². The summed E-state index contributed by atoms with van der Waals surface area (Å²) in [7, 11) is 0. The van der Waals surface area contributed by atoms with Crippen LogP contribution in [-0.2, 0) is 11.8 Å². The maximum atomic E-state index is 15.7. The van der Waals surface area contributed by atoms with Gasteiger partial charge in [-0.2, -0.15) is 22.0 Å². The van der Waals surface area contributed by atoms with Crippen molar-refractivity contribution in [3.63, 3.8) is 0 Å². The molecule has 2 aromatic rings. The molecule has 0 saturated heterocycles. The molecule has 0 fully saturated rings. The second kappa shape index (κ2) is 10.8. The lowest BCUT2D eigenvalue weighted by Gasteiger charge is -2.37. The summed E-state index contributed by atoms with van der Waals surface area (Å²) in [5.74, 6) is -4.45. The normalized spacial score (nSPS) is 20.1. The first-order valence-electron chi connectivity index (χ1n) is 10.5. The van der Waals surface area contributed by atoms with Crippen LogP contribution in [0.2, 0.25) is 0 Å². The molecule has 1 aliphatic heterocycles. The molecule has 1 aliphatic rings. The van der Waals surface area contributed by atoms with Crippen LogP contribution in [-0.4, -0.2) is 46.8 Å². The fourth-order valence-electron chi connectivity index (χ4n) is 3.43. The van der Waals surface area contributed by atoms with Crippen molar-refractivity contribution in [2.24, 2.45) is 26.2 Å². The average Bonchev–Trinajstić information content (AvgIpc) is 2.83. The van der Waals surface area contributed by atoms with Crippen LogP contribution in [0.15, 0.2) is 62.9 Å². The number of allylic oxidation sites excluding steroid dienone is 1. The number of alkyl halides is 5. The lowest BCUT2D eigenvalue weighted by molar-refractivity contribution is -0.138. The van der Waals surface area contributed by atoms with Gasteiger partial charge in [-0.1, -0.05) is 5.22 Å². The number of dihydropyridines is 1. The van der Waals surface area contributed by atoms with Crippen molar-refractivity contribution in [3.8, 4) is 5.88 Å². The molecule has 3 unspecified atom stereocenters. The van der Waals surface area contributed by atoms with E-state index in [0.29, 0.717) is 30.7 Å². The lowest BCUT2D eigenvalue weighted by atomic mass is 9.83. The number of halogens is 8. The van der Waals surface area contributed by atoms with E-state index in [1.165, 1.54) is 6.92 Å². The van der Waals surface area contributed by atoms with Gasteiger partial charge in [0.1, 0.15) is 29.8 Å². The summed E-state index contributed by atoms with van der Waals surface area (Å²) in [5.41, 5.74) is -6.86. The van der Waals surface area contributed by atoms with E-state index < -0.39 is 76.6 Å². The summed E-state index contributed by atoms with van der Waals surface area (Å²) < 4.78 is 117. The van der Waals surface area contributed by atoms with Crippen molar-refractivity contribution in [1.82, 2.24) is 4.98 Å². The third-order valence-electron chi connectivity index (χ3n) is 5.38. The molecule has 2 heterocycles. The highest BCUT2D eigenvalue weighted by Gasteiger charge is 2.58. The topological polar surface area (TPSA) is 118 Å². The van der Waals surface area contributed by atoms with Crippen LogP contribution in [0.5, 0.6) is 5.88 Å². The second-order valence-corrected chi connectivity index (χ2v) is 7.95. The van der Waals surface area contributed by atoms with E-state index in [1.54, 1.807) is 0 Å². The molecule has 0 spiro atoms. The Labute approximate surface area is 209 Å². The van der Waals surface area contributed by atoms with Crippen molar-refractivity contribution in [2.75, 3.05) is 6.54 Å². The average molecular weight is 550 g/mol. The summed E-state index contributed by atoms with van der Waals surface area (Å²) >= 11 is 0. The predicted molar refractivity (Wildman–Crippen MR) is 117 cm³/mol. The number of hydrogen-bond donors (Lipinski definition) is 2. The van der Waals surface area contributed by atoms with Crippen molar-refractivity contribution in [2.45, 2.75) is 36.8 Å². The van der Waals surface area contributed by atoms with E-state index in [0.717, 1.165) is 6.08 Å². The summed E-state index contributed by atoms with van der Waals surface area (Å²) in [4.78, 5) is 10.5. The van der Waals surface area contributed by atoms with Crippen LogP contribution in [0.4, 0.5) is 35.1 Å². The van der Waals surface area contributed by atoms with Gasteiger partial charge in [0.25, 0.3) is 5.88 Å². The molecule has 0 radical (unpaired) electrons. The Morgan fingerprint density at radius 1 is 1.11 bits per heavy atom. The number of aliphatic imine (C=N–C) groups is 2. The number of rotatable bonds is 8. The van der Waals surface area contributed by atoms with Gasteiger partial charge in [0.2, 0.25) is 0 Å². The molecular formula is C22H18F8N6O2. The van der Waals surface area contributed by atoms with Crippen molar-refractivity contribution in [1.29, 1.82) is 0 Å². The van der Waals surface area contributed by atoms with E-state index in [1.807, 2.05) is 0 Å². The number of aliphatic hydroxyl groups is 1. The number of benzene rings is 1. The third kappa shape index (κ3) is 5.79. The molecule has 3 rings (SSSR count).